The summed E-state index contributed by atoms with van der Waals surface area (Å²) in [5, 5.41) is 4.21. The zero-order valence-corrected chi connectivity index (χ0v) is 12.1. The summed E-state index contributed by atoms with van der Waals surface area (Å²) in [5.41, 5.74) is 1.00. The molecule has 3 aromatic heterocycles. The van der Waals surface area contributed by atoms with Crippen LogP contribution in [0.3, 0.4) is 0 Å². The second-order valence-corrected chi connectivity index (χ2v) is 5.98. The van der Waals surface area contributed by atoms with E-state index in [9.17, 15) is 0 Å². The number of ether oxygens (including phenoxy) is 1. The van der Waals surface area contributed by atoms with Crippen molar-refractivity contribution in [2.45, 2.75) is 6.92 Å². The minimum Gasteiger partial charge on any atom is -0.487 e. The smallest absolute Gasteiger partial charge is 0.179 e. The number of hydrogen-bond acceptors (Lipinski definition) is 5. The maximum Gasteiger partial charge on any atom is 0.179 e. The fourth-order valence-electron chi connectivity index (χ4n) is 1.78. The minimum atomic E-state index is 0.487. The van der Waals surface area contributed by atoms with Crippen LogP contribution in [0.15, 0.2) is 17.5 Å². The third-order valence-electron chi connectivity index (χ3n) is 2.63. The molecule has 3 aromatic rings. The fraction of sp³-hybridized carbons (Fsp3) is 0.167. The molecule has 0 atom stereocenters. The molecule has 0 radical (unpaired) electrons. The van der Waals surface area contributed by atoms with Gasteiger partial charge in [-0.2, -0.15) is 0 Å². The molecule has 0 saturated carbocycles. The Morgan fingerprint density at radius 3 is 2.83 bits per heavy atom. The minimum absolute atomic E-state index is 0.487. The Labute approximate surface area is 117 Å². The number of fused-ring (bicyclic) bond motifs is 1. The molecule has 92 valence electrons. The molecule has 3 rings (SSSR count). The molecule has 3 heterocycles. The summed E-state index contributed by atoms with van der Waals surface area (Å²) in [4.78, 5) is 10.8. The first-order valence-electron chi connectivity index (χ1n) is 5.25. The largest absolute Gasteiger partial charge is 0.487 e. The van der Waals surface area contributed by atoms with Gasteiger partial charge in [0, 0.05) is 5.56 Å². The van der Waals surface area contributed by atoms with Gasteiger partial charge in [0.25, 0.3) is 0 Å². The van der Waals surface area contributed by atoms with E-state index in [1.807, 2.05) is 24.4 Å². The first kappa shape index (κ1) is 11.9. The van der Waals surface area contributed by atoms with Gasteiger partial charge in [0.05, 0.1) is 17.4 Å². The SMILES string of the molecule is COc1sc2nc(-c3cccs3)nc(Cl)c2c1C. The molecule has 0 aliphatic carbocycles. The lowest BCUT2D eigenvalue weighted by Gasteiger charge is -1.99. The highest BCUT2D eigenvalue weighted by Crippen LogP contribution is 2.39. The van der Waals surface area contributed by atoms with Crippen molar-refractivity contribution in [3.8, 4) is 15.8 Å². The average Bonchev–Trinajstić information content (AvgIpc) is 2.97. The maximum absolute atomic E-state index is 6.26. The molecule has 0 bridgehead atoms. The van der Waals surface area contributed by atoms with Gasteiger partial charge in [-0.05, 0) is 18.4 Å². The Morgan fingerprint density at radius 2 is 2.17 bits per heavy atom. The number of halogens is 1. The quantitative estimate of drug-likeness (QED) is 0.658. The second kappa shape index (κ2) is 4.50. The van der Waals surface area contributed by atoms with Crippen LogP contribution in [0.25, 0.3) is 20.9 Å². The lowest BCUT2D eigenvalue weighted by atomic mass is 10.2. The maximum atomic E-state index is 6.26. The first-order chi connectivity index (χ1) is 8.70. The van der Waals surface area contributed by atoms with Crippen LogP contribution in [0.1, 0.15) is 5.56 Å². The van der Waals surface area contributed by atoms with E-state index in [1.165, 1.54) is 11.3 Å². The van der Waals surface area contributed by atoms with E-state index in [0.29, 0.717) is 11.0 Å². The van der Waals surface area contributed by atoms with E-state index in [1.54, 1.807) is 18.4 Å². The molecule has 0 aliphatic heterocycles. The van der Waals surface area contributed by atoms with Crippen LogP contribution in [-0.4, -0.2) is 17.1 Å². The van der Waals surface area contributed by atoms with E-state index in [4.69, 9.17) is 16.3 Å². The molecule has 0 aliphatic rings. The molecule has 0 saturated heterocycles. The summed E-state index contributed by atoms with van der Waals surface area (Å²) in [5.74, 6) is 0.673. The van der Waals surface area contributed by atoms with E-state index >= 15 is 0 Å². The van der Waals surface area contributed by atoms with Crippen LogP contribution >= 0.6 is 34.3 Å². The highest BCUT2D eigenvalue weighted by atomic mass is 35.5. The van der Waals surface area contributed by atoms with E-state index in [2.05, 4.69) is 9.97 Å². The molecule has 6 heteroatoms. The average molecular weight is 297 g/mol. The van der Waals surface area contributed by atoms with Gasteiger partial charge in [0.1, 0.15) is 9.98 Å². The Balaban J connectivity index is 2.28. The van der Waals surface area contributed by atoms with Crippen LogP contribution in [-0.2, 0) is 0 Å². The van der Waals surface area contributed by atoms with E-state index in [0.717, 1.165) is 25.7 Å². The standard InChI is InChI=1S/C12H9ClN2OS2/c1-6-8-9(13)14-10(7-4-3-5-17-7)15-11(8)18-12(6)16-2/h3-5H,1-2H3. The van der Waals surface area contributed by atoms with Gasteiger partial charge in [-0.3, -0.25) is 0 Å². The summed E-state index contributed by atoms with van der Waals surface area (Å²) in [6.07, 6.45) is 0. The van der Waals surface area contributed by atoms with Gasteiger partial charge < -0.3 is 4.74 Å². The lowest BCUT2D eigenvalue weighted by Crippen LogP contribution is -1.88. The van der Waals surface area contributed by atoms with Gasteiger partial charge >= 0.3 is 0 Å². The van der Waals surface area contributed by atoms with Crippen molar-refractivity contribution >= 4 is 44.5 Å². The van der Waals surface area contributed by atoms with Crippen molar-refractivity contribution in [1.82, 2.24) is 9.97 Å². The molecular weight excluding hydrogens is 288 g/mol. The summed E-state index contributed by atoms with van der Waals surface area (Å²) >= 11 is 9.36. The Kier molecular flexibility index (Phi) is 2.97. The second-order valence-electron chi connectivity index (χ2n) is 3.71. The highest BCUT2D eigenvalue weighted by molar-refractivity contribution is 7.20. The van der Waals surface area contributed by atoms with Crippen molar-refractivity contribution in [3.63, 3.8) is 0 Å². The number of nitrogens with zero attached hydrogens (tertiary/aromatic N) is 2. The number of hydrogen-bond donors (Lipinski definition) is 0. The van der Waals surface area contributed by atoms with Crippen LogP contribution in [0.4, 0.5) is 0 Å². The highest BCUT2D eigenvalue weighted by Gasteiger charge is 2.16. The molecule has 18 heavy (non-hydrogen) atoms. The third-order valence-corrected chi connectivity index (χ3v) is 4.92. The lowest BCUT2D eigenvalue weighted by molar-refractivity contribution is 0.425. The normalized spacial score (nSPS) is 11.1. The third kappa shape index (κ3) is 1.79. The number of rotatable bonds is 2. The molecule has 0 amide bonds. The monoisotopic (exact) mass is 296 g/mol. The van der Waals surface area contributed by atoms with Crippen LogP contribution in [0.5, 0.6) is 5.06 Å². The van der Waals surface area contributed by atoms with E-state index < -0.39 is 0 Å². The van der Waals surface area contributed by atoms with Crippen molar-refractivity contribution in [2.24, 2.45) is 0 Å². The number of thiophene rings is 2. The first-order valence-corrected chi connectivity index (χ1v) is 7.32. The molecule has 3 nitrogen and oxygen atoms in total. The summed E-state index contributed by atoms with van der Waals surface area (Å²) in [6, 6.07) is 3.96. The van der Waals surface area contributed by atoms with Gasteiger partial charge in [-0.25, -0.2) is 9.97 Å². The molecule has 0 spiro atoms. The summed E-state index contributed by atoms with van der Waals surface area (Å²) in [6.45, 7) is 1.97. The summed E-state index contributed by atoms with van der Waals surface area (Å²) in [7, 11) is 1.65. The number of aromatic nitrogens is 2. The summed E-state index contributed by atoms with van der Waals surface area (Å²) < 4.78 is 5.31. The predicted octanol–water partition coefficient (Wildman–Crippen LogP) is 4.39. The molecule has 0 N–H and O–H groups in total. The molecule has 0 unspecified atom stereocenters. The van der Waals surface area contributed by atoms with Gasteiger partial charge in [0.2, 0.25) is 0 Å². The number of methoxy groups -OCH3 is 1. The predicted molar refractivity (Wildman–Crippen MR) is 77.0 cm³/mol. The van der Waals surface area contributed by atoms with Gasteiger partial charge in [-0.1, -0.05) is 29.0 Å². The fourth-order valence-corrected chi connectivity index (χ4v) is 3.80. The zero-order valence-electron chi connectivity index (χ0n) is 9.73. The van der Waals surface area contributed by atoms with Crippen molar-refractivity contribution in [2.75, 3.05) is 7.11 Å². The number of aryl methyl sites for hydroxylation is 1. The molecular formula is C12H9ClN2OS2. The Bertz CT molecular complexity index is 707. The van der Waals surface area contributed by atoms with Crippen LogP contribution < -0.4 is 4.74 Å². The molecule has 0 aromatic carbocycles. The topological polar surface area (TPSA) is 35.0 Å². The zero-order chi connectivity index (χ0) is 12.7. The van der Waals surface area contributed by atoms with Crippen molar-refractivity contribution in [3.05, 3.63) is 28.2 Å². The van der Waals surface area contributed by atoms with Crippen LogP contribution in [0.2, 0.25) is 5.15 Å². The van der Waals surface area contributed by atoms with Crippen LogP contribution in [0, 0.1) is 6.92 Å². The Hall–Kier alpha value is -1.17. The van der Waals surface area contributed by atoms with Gasteiger partial charge in [0.15, 0.2) is 10.9 Å². The Morgan fingerprint density at radius 1 is 1.33 bits per heavy atom. The van der Waals surface area contributed by atoms with E-state index in [-0.39, 0.29) is 0 Å². The molecule has 0 fully saturated rings. The van der Waals surface area contributed by atoms with Crippen molar-refractivity contribution in [1.29, 1.82) is 0 Å². The van der Waals surface area contributed by atoms with Crippen molar-refractivity contribution < 1.29 is 4.74 Å². The van der Waals surface area contributed by atoms with Gasteiger partial charge in [-0.15, -0.1) is 11.3 Å².